The number of anilines is 1. The number of aromatic nitrogens is 1. The molecule has 0 aliphatic heterocycles. The highest BCUT2D eigenvalue weighted by molar-refractivity contribution is 5.95. The number of rotatable bonds is 6. The molecule has 0 fully saturated rings. The third kappa shape index (κ3) is 5.73. The van der Waals surface area contributed by atoms with Crippen molar-refractivity contribution in [2.45, 2.75) is 40.2 Å². The molecule has 0 unspecified atom stereocenters. The molecule has 3 N–H and O–H groups in total. The SMILES string of the molecule is Cc1cc(NC(=O)[C@H](C)NC(=O)NCCC(C)C)no1. The lowest BCUT2D eigenvalue weighted by Crippen LogP contribution is -2.46. The lowest BCUT2D eigenvalue weighted by atomic mass is 10.1. The van der Waals surface area contributed by atoms with Crippen molar-refractivity contribution < 1.29 is 14.1 Å². The molecule has 0 bridgehead atoms. The highest BCUT2D eigenvalue weighted by Gasteiger charge is 2.16. The van der Waals surface area contributed by atoms with Crippen LogP contribution in [0.4, 0.5) is 10.6 Å². The van der Waals surface area contributed by atoms with Gasteiger partial charge in [-0.25, -0.2) is 4.79 Å². The van der Waals surface area contributed by atoms with Gasteiger partial charge in [0.25, 0.3) is 0 Å². The number of aryl methyl sites for hydroxylation is 1. The van der Waals surface area contributed by atoms with Crippen LogP contribution in [-0.2, 0) is 4.79 Å². The zero-order chi connectivity index (χ0) is 15.1. The van der Waals surface area contributed by atoms with Gasteiger partial charge in [0.15, 0.2) is 5.82 Å². The average Bonchev–Trinajstić information content (AvgIpc) is 2.74. The molecule has 1 aromatic rings. The Morgan fingerprint density at radius 2 is 2.05 bits per heavy atom. The number of hydrogen-bond donors (Lipinski definition) is 3. The summed E-state index contributed by atoms with van der Waals surface area (Å²) in [7, 11) is 0. The van der Waals surface area contributed by atoms with Gasteiger partial charge in [-0.3, -0.25) is 4.79 Å². The largest absolute Gasteiger partial charge is 0.360 e. The monoisotopic (exact) mass is 282 g/mol. The Morgan fingerprint density at radius 3 is 2.60 bits per heavy atom. The van der Waals surface area contributed by atoms with Crippen LogP contribution in [0.5, 0.6) is 0 Å². The maximum Gasteiger partial charge on any atom is 0.315 e. The van der Waals surface area contributed by atoms with E-state index < -0.39 is 6.04 Å². The number of hydrogen-bond acceptors (Lipinski definition) is 4. The normalized spacial score (nSPS) is 12.1. The van der Waals surface area contributed by atoms with Crippen LogP contribution in [0.1, 0.15) is 33.0 Å². The maximum atomic E-state index is 11.8. The van der Waals surface area contributed by atoms with E-state index in [4.69, 9.17) is 4.52 Å². The van der Waals surface area contributed by atoms with Gasteiger partial charge in [0.1, 0.15) is 11.8 Å². The first-order valence-corrected chi connectivity index (χ1v) is 6.67. The summed E-state index contributed by atoms with van der Waals surface area (Å²) in [5.41, 5.74) is 0. The van der Waals surface area contributed by atoms with Crippen LogP contribution in [0.25, 0.3) is 0 Å². The first kappa shape index (κ1) is 16.0. The number of urea groups is 1. The summed E-state index contributed by atoms with van der Waals surface area (Å²) in [4.78, 5) is 23.4. The van der Waals surface area contributed by atoms with Crippen molar-refractivity contribution in [2.75, 3.05) is 11.9 Å². The van der Waals surface area contributed by atoms with Crippen LogP contribution in [0.2, 0.25) is 0 Å². The lowest BCUT2D eigenvalue weighted by Gasteiger charge is -2.14. The highest BCUT2D eigenvalue weighted by Crippen LogP contribution is 2.07. The molecule has 7 heteroatoms. The molecule has 1 rings (SSSR count). The van der Waals surface area contributed by atoms with Gasteiger partial charge in [-0.2, -0.15) is 0 Å². The molecular weight excluding hydrogens is 260 g/mol. The van der Waals surface area contributed by atoms with E-state index in [0.717, 1.165) is 6.42 Å². The van der Waals surface area contributed by atoms with Crippen LogP contribution >= 0.6 is 0 Å². The zero-order valence-electron chi connectivity index (χ0n) is 12.3. The number of carbonyl (C=O) groups excluding carboxylic acids is 2. The van der Waals surface area contributed by atoms with E-state index in [1.54, 1.807) is 19.9 Å². The Balaban J connectivity index is 2.32. The van der Waals surface area contributed by atoms with Gasteiger partial charge in [0, 0.05) is 12.6 Å². The van der Waals surface area contributed by atoms with Crippen LogP contribution in [0.15, 0.2) is 10.6 Å². The fraction of sp³-hybridized carbons (Fsp3) is 0.615. The minimum Gasteiger partial charge on any atom is -0.360 e. The summed E-state index contributed by atoms with van der Waals surface area (Å²) < 4.78 is 4.84. The predicted molar refractivity (Wildman–Crippen MR) is 75.3 cm³/mol. The minimum absolute atomic E-state index is 0.335. The van der Waals surface area contributed by atoms with Crippen molar-refractivity contribution in [1.82, 2.24) is 15.8 Å². The van der Waals surface area contributed by atoms with Gasteiger partial charge < -0.3 is 20.5 Å². The van der Waals surface area contributed by atoms with Gasteiger partial charge in [-0.05, 0) is 26.2 Å². The molecule has 0 aliphatic carbocycles. The Bertz CT molecular complexity index is 456. The summed E-state index contributed by atoms with van der Waals surface area (Å²) in [6, 6.07) is 0.587. The smallest absolute Gasteiger partial charge is 0.315 e. The third-order valence-corrected chi connectivity index (χ3v) is 2.63. The summed E-state index contributed by atoms with van der Waals surface area (Å²) in [5.74, 6) is 1.11. The highest BCUT2D eigenvalue weighted by atomic mass is 16.5. The molecule has 112 valence electrons. The number of carbonyl (C=O) groups is 2. The predicted octanol–water partition coefficient (Wildman–Crippen LogP) is 1.66. The molecule has 7 nitrogen and oxygen atoms in total. The number of nitrogens with zero attached hydrogens (tertiary/aromatic N) is 1. The molecule has 0 saturated heterocycles. The van der Waals surface area contributed by atoms with E-state index in [1.165, 1.54) is 0 Å². The van der Waals surface area contributed by atoms with Gasteiger partial charge in [-0.15, -0.1) is 0 Å². The molecule has 0 radical (unpaired) electrons. The standard InChI is InChI=1S/C13H22N4O3/c1-8(2)5-6-14-13(19)15-10(4)12(18)16-11-7-9(3)20-17-11/h7-8,10H,5-6H2,1-4H3,(H2,14,15,19)(H,16,17,18)/t10-/m0/s1. The molecule has 0 aromatic carbocycles. The Hall–Kier alpha value is -2.05. The lowest BCUT2D eigenvalue weighted by molar-refractivity contribution is -0.117. The number of nitrogens with one attached hydrogen (secondary N) is 3. The van der Waals surface area contributed by atoms with Crippen LogP contribution in [0, 0.1) is 12.8 Å². The molecule has 1 aromatic heterocycles. The van der Waals surface area contributed by atoms with E-state index in [-0.39, 0.29) is 11.9 Å². The molecule has 20 heavy (non-hydrogen) atoms. The third-order valence-electron chi connectivity index (χ3n) is 2.63. The van der Waals surface area contributed by atoms with Gasteiger partial charge in [-0.1, -0.05) is 19.0 Å². The van der Waals surface area contributed by atoms with Crippen LogP contribution in [0.3, 0.4) is 0 Å². The topological polar surface area (TPSA) is 96.3 Å². The van der Waals surface area contributed by atoms with E-state index in [0.29, 0.717) is 24.0 Å². The number of amides is 3. The molecule has 0 aliphatic rings. The van der Waals surface area contributed by atoms with Crippen molar-refractivity contribution in [2.24, 2.45) is 5.92 Å². The van der Waals surface area contributed by atoms with Gasteiger partial charge >= 0.3 is 6.03 Å². The van der Waals surface area contributed by atoms with E-state index in [2.05, 4.69) is 35.0 Å². The Kier molecular flexibility index (Phi) is 6.02. The van der Waals surface area contributed by atoms with Crippen molar-refractivity contribution >= 4 is 17.8 Å². The minimum atomic E-state index is -0.661. The Labute approximate surface area is 118 Å². The van der Waals surface area contributed by atoms with Crippen LogP contribution < -0.4 is 16.0 Å². The van der Waals surface area contributed by atoms with E-state index >= 15 is 0 Å². The van der Waals surface area contributed by atoms with E-state index in [1.807, 2.05) is 0 Å². The molecule has 0 saturated carbocycles. The fourth-order valence-corrected chi connectivity index (χ4v) is 1.45. The summed E-state index contributed by atoms with van der Waals surface area (Å²) in [6.45, 7) is 8.07. The molecular formula is C13H22N4O3. The quantitative estimate of drug-likeness (QED) is 0.739. The first-order chi connectivity index (χ1) is 9.38. The molecule has 1 atom stereocenters. The summed E-state index contributed by atoms with van der Waals surface area (Å²) in [6.07, 6.45) is 0.895. The van der Waals surface area contributed by atoms with Crippen LogP contribution in [-0.4, -0.2) is 29.7 Å². The van der Waals surface area contributed by atoms with Crippen molar-refractivity contribution in [3.8, 4) is 0 Å². The second kappa shape index (κ2) is 7.52. The second-order valence-electron chi connectivity index (χ2n) is 5.12. The summed E-state index contributed by atoms with van der Waals surface area (Å²) >= 11 is 0. The van der Waals surface area contributed by atoms with E-state index in [9.17, 15) is 9.59 Å². The first-order valence-electron chi connectivity index (χ1n) is 6.67. The fourth-order valence-electron chi connectivity index (χ4n) is 1.45. The Morgan fingerprint density at radius 1 is 1.35 bits per heavy atom. The van der Waals surface area contributed by atoms with Crippen molar-refractivity contribution in [1.29, 1.82) is 0 Å². The van der Waals surface area contributed by atoms with Gasteiger partial charge in [0.05, 0.1) is 0 Å². The molecule has 1 heterocycles. The maximum absolute atomic E-state index is 11.8. The second-order valence-corrected chi connectivity index (χ2v) is 5.12. The average molecular weight is 282 g/mol. The zero-order valence-corrected chi connectivity index (χ0v) is 12.3. The summed E-state index contributed by atoms with van der Waals surface area (Å²) in [5, 5.41) is 11.5. The van der Waals surface area contributed by atoms with Gasteiger partial charge in [0.2, 0.25) is 5.91 Å². The van der Waals surface area contributed by atoms with Crippen molar-refractivity contribution in [3.63, 3.8) is 0 Å². The van der Waals surface area contributed by atoms with Crippen molar-refractivity contribution in [3.05, 3.63) is 11.8 Å². The molecule has 0 spiro atoms. The molecule has 3 amide bonds.